The van der Waals surface area contributed by atoms with Crippen LogP contribution in [-0.2, 0) is 11.8 Å². The molecule has 3 aromatic rings. The standard InChI is InChI=1S/C25H26N2O3/c1-4-29-24-17-21(8-7-20-13-15-27(3)16-14-20)9-12-23(24)30-18-25(28)26-22-10-5-19(2)6-11-22/h5-17H,4,18H2,1-3H3/p+1/b8-7+. The van der Waals surface area contributed by atoms with E-state index in [1.165, 1.54) is 0 Å². The fraction of sp³-hybridized carbons (Fsp3) is 0.200. The van der Waals surface area contributed by atoms with Crippen molar-refractivity contribution in [3.05, 3.63) is 83.7 Å². The number of benzene rings is 2. The molecule has 1 N–H and O–H groups in total. The third kappa shape index (κ3) is 6.21. The number of rotatable bonds is 8. The van der Waals surface area contributed by atoms with Crippen LogP contribution in [0.15, 0.2) is 67.0 Å². The second kappa shape index (κ2) is 10.3. The number of ether oxygens (including phenoxy) is 2. The zero-order valence-electron chi connectivity index (χ0n) is 17.6. The number of aromatic nitrogens is 1. The number of hydrogen-bond donors (Lipinski definition) is 1. The molecule has 0 fully saturated rings. The highest BCUT2D eigenvalue weighted by Crippen LogP contribution is 2.29. The number of carbonyl (C=O) groups is 1. The van der Waals surface area contributed by atoms with Gasteiger partial charge in [-0.25, -0.2) is 4.57 Å². The van der Waals surface area contributed by atoms with E-state index in [4.69, 9.17) is 9.47 Å². The molecule has 3 rings (SSSR count). The number of hydrogen-bond acceptors (Lipinski definition) is 3. The summed E-state index contributed by atoms with van der Waals surface area (Å²) in [5, 5.41) is 2.83. The number of nitrogens with zero attached hydrogens (tertiary/aromatic N) is 1. The van der Waals surface area contributed by atoms with Gasteiger partial charge in [0.05, 0.1) is 6.61 Å². The first-order chi connectivity index (χ1) is 14.5. The molecular weight excluding hydrogens is 376 g/mol. The van der Waals surface area contributed by atoms with Crippen molar-refractivity contribution < 1.29 is 18.8 Å². The fourth-order valence-electron chi connectivity index (χ4n) is 2.81. The summed E-state index contributed by atoms with van der Waals surface area (Å²) in [4.78, 5) is 12.2. The minimum atomic E-state index is -0.220. The molecule has 0 bridgehead atoms. The van der Waals surface area contributed by atoms with Gasteiger partial charge < -0.3 is 14.8 Å². The lowest BCUT2D eigenvalue weighted by Crippen LogP contribution is -2.25. The Hall–Kier alpha value is -3.60. The van der Waals surface area contributed by atoms with Crippen LogP contribution in [0, 0.1) is 6.92 Å². The predicted octanol–water partition coefficient (Wildman–Crippen LogP) is 4.41. The molecular formula is C25H27N2O3+. The molecule has 0 spiro atoms. The van der Waals surface area contributed by atoms with Gasteiger partial charge in [-0.05, 0) is 49.2 Å². The topological polar surface area (TPSA) is 51.4 Å². The lowest BCUT2D eigenvalue weighted by Gasteiger charge is -2.13. The first-order valence-corrected chi connectivity index (χ1v) is 9.93. The highest BCUT2D eigenvalue weighted by Gasteiger charge is 2.09. The molecule has 0 unspecified atom stereocenters. The summed E-state index contributed by atoms with van der Waals surface area (Å²) in [5.41, 5.74) is 3.98. The van der Waals surface area contributed by atoms with Gasteiger partial charge in [-0.1, -0.05) is 35.9 Å². The third-order valence-corrected chi connectivity index (χ3v) is 4.43. The molecule has 154 valence electrons. The smallest absolute Gasteiger partial charge is 0.262 e. The third-order valence-electron chi connectivity index (χ3n) is 4.43. The van der Waals surface area contributed by atoms with Crippen LogP contribution < -0.4 is 19.4 Å². The number of carbonyl (C=O) groups excluding carboxylic acids is 1. The van der Waals surface area contributed by atoms with Gasteiger partial charge in [0.15, 0.2) is 30.5 Å². The van der Waals surface area contributed by atoms with Crippen LogP contribution in [0.25, 0.3) is 12.2 Å². The summed E-state index contributed by atoms with van der Waals surface area (Å²) in [6, 6.07) is 17.4. The van der Waals surface area contributed by atoms with Gasteiger partial charge in [-0.2, -0.15) is 0 Å². The predicted molar refractivity (Wildman–Crippen MR) is 119 cm³/mol. The van der Waals surface area contributed by atoms with Crippen LogP contribution in [-0.4, -0.2) is 19.1 Å². The maximum atomic E-state index is 12.2. The van der Waals surface area contributed by atoms with Crippen molar-refractivity contribution in [3.63, 3.8) is 0 Å². The molecule has 1 aromatic heterocycles. The number of aryl methyl sites for hydroxylation is 2. The monoisotopic (exact) mass is 403 g/mol. The van der Waals surface area contributed by atoms with Gasteiger partial charge in [-0.15, -0.1) is 0 Å². The molecule has 2 aromatic carbocycles. The zero-order valence-corrected chi connectivity index (χ0v) is 17.6. The Balaban J connectivity index is 1.64. The van der Waals surface area contributed by atoms with Crippen molar-refractivity contribution in [1.82, 2.24) is 0 Å². The van der Waals surface area contributed by atoms with Crippen molar-refractivity contribution in [3.8, 4) is 11.5 Å². The average molecular weight is 404 g/mol. The Kier molecular flexibility index (Phi) is 7.22. The maximum absolute atomic E-state index is 12.2. The quantitative estimate of drug-likeness (QED) is 0.567. The molecule has 5 nitrogen and oxygen atoms in total. The number of amides is 1. The molecule has 0 atom stereocenters. The summed E-state index contributed by atoms with van der Waals surface area (Å²) >= 11 is 0. The van der Waals surface area contributed by atoms with Gasteiger partial charge >= 0.3 is 0 Å². The van der Waals surface area contributed by atoms with Crippen LogP contribution in [0.3, 0.4) is 0 Å². The van der Waals surface area contributed by atoms with E-state index in [2.05, 4.69) is 5.32 Å². The average Bonchev–Trinajstić information content (AvgIpc) is 2.74. The van der Waals surface area contributed by atoms with Crippen molar-refractivity contribution in [2.75, 3.05) is 18.5 Å². The molecule has 0 aliphatic carbocycles. The highest BCUT2D eigenvalue weighted by molar-refractivity contribution is 5.91. The van der Waals surface area contributed by atoms with Crippen molar-refractivity contribution in [2.45, 2.75) is 13.8 Å². The maximum Gasteiger partial charge on any atom is 0.262 e. The van der Waals surface area contributed by atoms with E-state index in [-0.39, 0.29) is 12.5 Å². The zero-order chi connectivity index (χ0) is 21.3. The highest BCUT2D eigenvalue weighted by atomic mass is 16.5. The minimum absolute atomic E-state index is 0.0931. The number of pyridine rings is 1. The van der Waals surface area contributed by atoms with Crippen molar-refractivity contribution in [2.24, 2.45) is 7.05 Å². The molecule has 30 heavy (non-hydrogen) atoms. The van der Waals surface area contributed by atoms with E-state index < -0.39 is 0 Å². The Bertz CT molecular complexity index is 1010. The Morgan fingerprint density at radius 2 is 1.63 bits per heavy atom. The number of nitrogens with one attached hydrogen (secondary N) is 1. The molecule has 0 aliphatic heterocycles. The van der Waals surface area contributed by atoms with E-state index in [0.717, 1.165) is 22.4 Å². The van der Waals surface area contributed by atoms with Crippen LogP contribution in [0.1, 0.15) is 23.6 Å². The van der Waals surface area contributed by atoms with Gasteiger partial charge in [0.25, 0.3) is 5.91 Å². The first-order valence-electron chi connectivity index (χ1n) is 9.93. The van der Waals surface area contributed by atoms with Crippen LogP contribution in [0.2, 0.25) is 0 Å². The summed E-state index contributed by atoms with van der Waals surface area (Å²) in [6.45, 7) is 4.33. The van der Waals surface area contributed by atoms with Crippen molar-refractivity contribution >= 4 is 23.7 Å². The van der Waals surface area contributed by atoms with Crippen LogP contribution in [0.5, 0.6) is 11.5 Å². The molecule has 5 heteroatoms. The van der Waals surface area contributed by atoms with Crippen molar-refractivity contribution in [1.29, 1.82) is 0 Å². The van der Waals surface area contributed by atoms with E-state index in [1.54, 1.807) is 0 Å². The number of anilines is 1. The second-order valence-electron chi connectivity index (χ2n) is 6.97. The largest absolute Gasteiger partial charge is 0.490 e. The molecule has 0 aliphatic rings. The molecule has 0 saturated carbocycles. The Labute approximate surface area is 177 Å². The van der Waals surface area contributed by atoms with Gasteiger partial charge in [-0.3, -0.25) is 4.79 Å². The van der Waals surface area contributed by atoms with E-state index in [0.29, 0.717) is 18.1 Å². The summed E-state index contributed by atoms with van der Waals surface area (Å²) in [6.07, 6.45) is 8.07. The first kappa shape index (κ1) is 21.1. The molecule has 1 amide bonds. The van der Waals surface area contributed by atoms with Gasteiger partial charge in [0, 0.05) is 17.8 Å². The van der Waals surface area contributed by atoms with Crippen LogP contribution >= 0.6 is 0 Å². The van der Waals surface area contributed by atoms with Gasteiger partial charge in [0.2, 0.25) is 0 Å². The lowest BCUT2D eigenvalue weighted by atomic mass is 10.1. The molecule has 1 heterocycles. The van der Waals surface area contributed by atoms with Crippen LogP contribution in [0.4, 0.5) is 5.69 Å². The molecule has 0 radical (unpaired) electrons. The van der Waals surface area contributed by atoms with E-state index in [1.807, 2.05) is 105 Å². The SMILES string of the molecule is CCOc1cc(/C=C/c2cc[n+](C)cc2)ccc1OCC(=O)Nc1ccc(C)cc1. The Morgan fingerprint density at radius 3 is 2.33 bits per heavy atom. The van der Waals surface area contributed by atoms with Gasteiger partial charge in [0.1, 0.15) is 7.05 Å². The Morgan fingerprint density at radius 1 is 0.933 bits per heavy atom. The summed E-state index contributed by atoms with van der Waals surface area (Å²) in [5.74, 6) is 0.935. The van der Waals surface area contributed by atoms with E-state index >= 15 is 0 Å². The lowest BCUT2D eigenvalue weighted by molar-refractivity contribution is -0.671. The summed E-state index contributed by atoms with van der Waals surface area (Å²) < 4.78 is 13.4. The fourth-order valence-corrected chi connectivity index (χ4v) is 2.81. The van der Waals surface area contributed by atoms with E-state index in [9.17, 15) is 4.79 Å². The summed E-state index contributed by atoms with van der Waals surface area (Å²) in [7, 11) is 1.99. The normalized spacial score (nSPS) is 10.8. The molecule has 0 saturated heterocycles. The second-order valence-corrected chi connectivity index (χ2v) is 6.97. The minimum Gasteiger partial charge on any atom is -0.490 e.